The smallest absolute Gasteiger partial charge is 0.211 e. The van der Waals surface area contributed by atoms with E-state index in [0.717, 1.165) is 11.3 Å². The lowest BCUT2D eigenvalue weighted by Gasteiger charge is -2.20. The molecule has 0 amide bonds. The standard InChI is InChI=1S/C14H15Cl3N2O/c1-7-6-18-14(20-7)9(3)19-8(2)10-4-5-11(15)13(17)12(10)16/h4-6,8-9,19H,1-3H3. The van der Waals surface area contributed by atoms with Gasteiger partial charge in [0.2, 0.25) is 5.89 Å². The first-order valence-corrected chi connectivity index (χ1v) is 7.35. The van der Waals surface area contributed by atoms with E-state index in [2.05, 4.69) is 10.3 Å². The molecule has 1 aromatic carbocycles. The van der Waals surface area contributed by atoms with E-state index in [1.54, 1.807) is 12.3 Å². The second-order valence-corrected chi connectivity index (χ2v) is 5.85. The summed E-state index contributed by atoms with van der Waals surface area (Å²) in [6, 6.07) is 3.55. The molecular formula is C14H15Cl3N2O. The number of oxazole rings is 1. The summed E-state index contributed by atoms with van der Waals surface area (Å²) in [4.78, 5) is 4.21. The van der Waals surface area contributed by atoms with Crippen LogP contribution in [-0.4, -0.2) is 4.98 Å². The molecule has 0 spiro atoms. The highest BCUT2D eigenvalue weighted by Gasteiger charge is 2.18. The van der Waals surface area contributed by atoms with Crippen molar-refractivity contribution in [2.45, 2.75) is 32.9 Å². The van der Waals surface area contributed by atoms with E-state index in [4.69, 9.17) is 39.2 Å². The summed E-state index contributed by atoms with van der Waals surface area (Å²) in [5.41, 5.74) is 0.885. The van der Waals surface area contributed by atoms with E-state index in [-0.39, 0.29) is 12.1 Å². The van der Waals surface area contributed by atoms with Gasteiger partial charge in [-0.2, -0.15) is 0 Å². The van der Waals surface area contributed by atoms with Gasteiger partial charge in [0.05, 0.1) is 27.3 Å². The summed E-state index contributed by atoms with van der Waals surface area (Å²) in [7, 11) is 0. The van der Waals surface area contributed by atoms with Crippen molar-refractivity contribution in [2.75, 3.05) is 0 Å². The second-order valence-electron chi connectivity index (χ2n) is 4.68. The number of hydrogen-bond donors (Lipinski definition) is 1. The third kappa shape index (κ3) is 3.29. The summed E-state index contributed by atoms with van der Waals surface area (Å²) < 4.78 is 5.50. The Bertz CT molecular complexity index is 612. The molecule has 1 N–H and O–H groups in total. The fraction of sp³-hybridized carbons (Fsp3) is 0.357. The number of hydrogen-bond acceptors (Lipinski definition) is 3. The van der Waals surface area contributed by atoms with Crippen molar-refractivity contribution >= 4 is 34.8 Å². The van der Waals surface area contributed by atoms with E-state index >= 15 is 0 Å². The van der Waals surface area contributed by atoms with E-state index in [1.165, 1.54) is 0 Å². The van der Waals surface area contributed by atoms with Gasteiger partial charge in [-0.3, -0.25) is 5.32 Å². The molecule has 0 saturated carbocycles. The Morgan fingerprint density at radius 2 is 1.80 bits per heavy atom. The SMILES string of the molecule is Cc1cnc(C(C)NC(C)c2ccc(Cl)c(Cl)c2Cl)o1. The molecule has 0 aliphatic heterocycles. The van der Waals surface area contributed by atoms with Gasteiger partial charge in [0.25, 0.3) is 0 Å². The Balaban J connectivity index is 2.16. The van der Waals surface area contributed by atoms with Crippen LogP contribution in [-0.2, 0) is 0 Å². The van der Waals surface area contributed by atoms with Crippen LogP contribution in [0, 0.1) is 6.92 Å². The van der Waals surface area contributed by atoms with E-state index < -0.39 is 0 Å². The zero-order chi connectivity index (χ0) is 14.9. The summed E-state index contributed by atoms with van der Waals surface area (Å²) in [5, 5.41) is 4.66. The average Bonchev–Trinajstić information content (AvgIpc) is 2.82. The third-order valence-electron chi connectivity index (χ3n) is 3.04. The highest BCUT2D eigenvalue weighted by Crippen LogP contribution is 2.35. The first-order valence-electron chi connectivity index (χ1n) is 6.22. The first-order chi connectivity index (χ1) is 9.40. The van der Waals surface area contributed by atoms with Gasteiger partial charge in [0.1, 0.15) is 5.76 Å². The monoisotopic (exact) mass is 332 g/mol. The van der Waals surface area contributed by atoms with Crippen LogP contribution >= 0.6 is 34.8 Å². The molecule has 2 aromatic rings. The van der Waals surface area contributed by atoms with E-state index in [9.17, 15) is 0 Å². The van der Waals surface area contributed by atoms with E-state index in [1.807, 2.05) is 26.8 Å². The Kier molecular flexibility index (Phi) is 4.97. The molecule has 0 bridgehead atoms. The lowest BCUT2D eigenvalue weighted by atomic mass is 10.1. The zero-order valence-corrected chi connectivity index (χ0v) is 13.6. The number of rotatable bonds is 4. The number of nitrogens with zero attached hydrogens (tertiary/aromatic N) is 1. The highest BCUT2D eigenvalue weighted by molar-refractivity contribution is 6.48. The maximum Gasteiger partial charge on any atom is 0.211 e. The summed E-state index contributed by atoms with van der Waals surface area (Å²) in [6.07, 6.45) is 1.70. The van der Waals surface area contributed by atoms with Gasteiger partial charge < -0.3 is 4.42 Å². The van der Waals surface area contributed by atoms with Crippen molar-refractivity contribution in [1.82, 2.24) is 10.3 Å². The second kappa shape index (κ2) is 6.35. The number of halogens is 3. The molecule has 2 rings (SSSR count). The molecule has 2 atom stereocenters. The molecule has 0 aliphatic rings. The molecule has 2 unspecified atom stereocenters. The van der Waals surface area contributed by atoms with Gasteiger partial charge in [-0.15, -0.1) is 0 Å². The minimum Gasteiger partial charge on any atom is -0.444 e. The predicted octanol–water partition coefficient (Wildman–Crippen LogP) is 5.36. The van der Waals surface area contributed by atoms with Gasteiger partial charge in [-0.25, -0.2) is 4.98 Å². The van der Waals surface area contributed by atoms with Gasteiger partial charge in [0.15, 0.2) is 0 Å². The number of benzene rings is 1. The summed E-state index contributed by atoms with van der Waals surface area (Å²) >= 11 is 18.2. The Hall–Kier alpha value is -0.740. The molecule has 1 heterocycles. The number of aromatic nitrogens is 1. The molecule has 3 nitrogen and oxygen atoms in total. The molecule has 0 aliphatic carbocycles. The van der Waals surface area contributed by atoms with Gasteiger partial charge in [0, 0.05) is 6.04 Å². The van der Waals surface area contributed by atoms with Crippen molar-refractivity contribution < 1.29 is 4.42 Å². The molecule has 6 heteroatoms. The van der Waals surface area contributed by atoms with Crippen LogP contribution in [0.4, 0.5) is 0 Å². The largest absolute Gasteiger partial charge is 0.444 e. The van der Waals surface area contributed by atoms with Crippen molar-refractivity contribution in [2.24, 2.45) is 0 Å². The van der Waals surface area contributed by atoms with Crippen LogP contribution in [0.25, 0.3) is 0 Å². The topological polar surface area (TPSA) is 38.1 Å². The van der Waals surface area contributed by atoms with Crippen molar-refractivity contribution in [3.63, 3.8) is 0 Å². The highest BCUT2D eigenvalue weighted by atomic mass is 35.5. The van der Waals surface area contributed by atoms with Gasteiger partial charge >= 0.3 is 0 Å². The molecule has 20 heavy (non-hydrogen) atoms. The van der Waals surface area contributed by atoms with Gasteiger partial charge in [-0.1, -0.05) is 40.9 Å². The predicted molar refractivity (Wildman–Crippen MR) is 82.7 cm³/mol. The molecular weight excluding hydrogens is 319 g/mol. The maximum atomic E-state index is 6.23. The minimum atomic E-state index is -0.0378. The Morgan fingerprint density at radius 3 is 2.40 bits per heavy atom. The quantitative estimate of drug-likeness (QED) is 0.766. The lowest BCUT2D eigenvalue weighted by Crippen LogP contribution is -2.23. The van der Waals surface area contributed by atoms with Crippen LogP contribution in [0.3, 0.4) is 0 Å². The van der Waals surface area contributed by atoms with Crippen LogP contribution in [0.5, 0.6) is 0 Å². The normalized spacial score (nSPS) is 14.3. The first kappa shape index (κ1) is 15.6. The van der Waals surface area contributed by atoms with Crippen LogP contribution < -0.4 is 5.32 Å². The van der Waals surface area contributed by atoms with Gasteiger partial charge in [-0.05, 0) is 32.4 Å². The van der Waals surface area contributed by atoms with E-state index in [0.29, 0.717) is 21.0 Å². The Labute approximate surface area is 133 Å². The van der Waals surface area contributed by atoms with Crippen molar-refractivity contribution in [3.05, 3.63) is 50.6 Å². The zero-order valence-electron chi connectivity index (χ0n) is 11.4. The number of aryl methyl sites for hydroxylation is 1. The third-order valence-corrected chi connectivity index (χ3v) is 4.35. The summed E-state index contributed by atoms with van der Waals surface area (Å²) in [6.45, 7) is 5.84. The average molecular weight is 334 g/mol. The lowest BCUT2D eigenvalue weighted by molar-refractivity contribution is 0.380. The Morgan fingerprint density at radius 1 is 1.10 bits per heavy atom. The van der Waals surface area contributed by atoms with Crippen molar-refractivity contribution in [3.8, 4) is 0 Å². The molecule has 0 radical (unpaired) electrons. The fourth-order valence-electron chi connectivity index (χ4n) is 1.98. The number of nitrogens with one attached hydrogen (secondary N) is 1. The molecule has 108 valence electrons. The van der Waals surface area contributed by atoms with Crippen LogP contribution in [0.15, 0.2) is 22.7 Å². The minimum absolute atomic E-state index is 0.0144. The molecule has 0 saturated heterocycles. The summed E-state index contributed by atoms with van der Waals surface area (Å²) in [5.74, 6) is 1.43. The van der Waals surface area contributed by atoms with Crippen LogP contribution in [0.2, 0.25) is 15.1 Å². The van der Waals surface area contributed by atoms with Crippen molar-refractivity contribution in [1.29, 1.82) is 0 Å². The fourth-order valence-corrected chi connectivity index (χ4v) is 2.69. The van der Waals surface area contributed by atoms with Crippen LogP contribution in [0.1, 0.15) is 43.1 Å². The molecule has 1 aromatic heterocycles. The maximum absolute atomic E-state index is 6.23. The molecule has 0 fully saturated rings.